The van der Waals surface area contributed by atoms with Crippen molar-refractivity contribution in [2.75, 3.05) is 53.0 Å². The van der Waals surface area contributed by atoms with E-state index in [0.29, 0.717) is 35.9 Å². The first kappa shape index (κ1) is 25.6. The molecule has 3 aromatic rings. The Hall–Kier alpha value is -4.07. The summed E-state index contributed by atoms with van der Waals surface area (Å²) < 4.78 is 21.8. The maximum atomic E-state index is 13.5. The van der Waals surface area contributed by atoms with E-state index in [2.05, 4.69) is 17.0 Å². The van der Waals surface area contributed by atoms with E-state index in [4.69, 9.17) is 18.9 Å². The third kappa shape index (κ3) is 4.44. The van der Waals surface area contributed by atoms with Gasteiger partial charge in [0.1, 0.15) is 11.5 Å². The number of rotatable bonds is 7. The summed E-state index contributed by atoms with van der Waals surface area (Å²) in [6.07, 6.45) is 1.74. The average Bonchev–Trinajstić information content (AvgIpc) is 2.96. The number of nitrogens with zero attached hydrogens (tertiary/aromatic N) is 2. The maximum absolute atomic E-state index is 13.5. The molecule has 3 aromatic carbocycles. The van der Waals surface area contributed by atoms with Gasteiger partial charge in [-0.05, 0) is 54.8 Å². The highest BCUT2D eigenvalue weighted by Gasteiger charge is 2.54. The van der Waals surface area contributed by atoms with Crippen LogP contribution in [0.4, 0.5) is 5.69 Å². The Morgan fingerprint density at radius 3 is 2.11 bits per heavy atom. The molecule has 2 heterocycles. The third-order valence-electron chi connectivity index (χ3n) is 7.93. The fourth-order valence-corrected chi connectivity index (χ4v) is 5.93. The van der Waals surface area contributed by atoms with Crippen LogP contribution in [0, 0.1) is 5.41 Å². The summed E-state index contributed by atoms with van der Waals surface area (Å²) >= 11 is 0. The number of ether oxygens (including phenoxy) is 4. The van der Waals surface area contributed by atoms with Crippen LogP contribution < -0.4 is 23.8 Å². The summed E-state index contributed by atoms with van der Waals surface area (Å²) in [5.74, 6) is 2.41. The van der Waals surface area contributed by atoms with E-state index < -0.39 is 0 Å². The SMILES string of the molecule is COc1cccc(N2CC3(CCN(C(=O)c4cc(OC)c(OC)c(OC)c4)CC3)C2c2ccc(O)cc2)c1. The molecule has 0 saturated carbocycles. The number of carbonyl (C=O) groups is 1. The molecule has 0 aromatic heterocycles. The zero-order valence-electron chi connectivity index (χ0n) is 22.3. The Kier molecular flexibility index (Phi) is 6.97. The molecule has 0 aliphatic carbocycles. The highest BCUT2D eigenvalue weighted by Crippen LogP contribution is 2.57. The second-order valence-electron chi connectivity index (χ2n) is 9.89. The Balaban J connectivity index is 1.38. The molecule has 8 heteroatoms. The summed E-state index contributed by atoms with van der Waals surface area (Å²) in [5, 5.41) is 9.89. The van der Waals surface area contributed by atoms with Gasteiger partial charge in [0.2, 0.25) is 5.75 Å². The van der Waals surface area contributed by atoms with Crippen molar-refractivity contribution in [2.45, 2.75) is 18.9 Å². The topological polar surface area (TPSA) is 80.7 Å². The first-order valence-electron chi connectivity index (χ1n) is 12.7. The number of hydrogen-bond donors (Lipinski definition) is 1. The molecule has 5 rings (SSSR count). The standard InChI is InChI=1S/C30H34N2O6/c1-35-24-7-5-6-22(18-24)32-19-30(28(32)20-8-10-23(33)11-9-20)12-14-31(15-13-30)29(34)21-16-25(36-2)27(38-4)26(17-21)37-3/h5-11,16-18,28,33H,12-15,19H2,1-4H3. The van der Waals surface area contributed by atoms with E-state index in [1.807, 2.05) is 29.2 Å². The lowest BCUT2D eigenvalue weighted by atomic mass is 9.63. The zero-order chi connectivity index (χ0) is 26.9. The lowest BCUT2D eigenvalue weighted by Gasteiger charge is -2.61. The molecule has 200 valence electrons. The third-order valence-corrected chi connectivity index (χ3v) is 7.93. The molecule has 1 spiro atoms. The van der Waals surface area contributed by atoms with Crippen LogP contribution in [-0.2, 0) is 0 Å². The van der Waals surface area contributed by atoms with Gasteiger partial charge in [-0.2, -0.15) is 0 Å². The number of phenolic OH excluding ortho intramolecular Hbond substituents is 1. The molecule has 2 aliphatic rings. The summed E-state index contributed by atoms with van der Waals surface area (Å²) in [6, 6.07) is 19.2. The van der Waals surface area contributed by atoms with Crippen LogP contribution in [0.5, 0.6) is 28.7 Å². The summed E-state index contributed by atoms with van der Waals surface area (Å²) in [6.45, 7) is 2.18. The van der Waals surface area contributed by atoms with Gasteiger partial charge < -0.3 is 33.9 Å². The molecule has 0 radical (unpaired) electrons. The molecule has 2 saturated heterocycles. The van der Waals surface area contributed by atoms with Crippen molar-refractivity contribution in [3.8, 4) is 28.7 Å². The molecular weight excluding hydrogens is 484 g/mol. The van der Waals surface area contributed by atoms with Crippen molar-refractivity contribution in [3.63, 3.8) is 0 Å². The number of aromatic hydroxyl groups is 1. The first-order chi connectivity index (χ1) is 18.4. The number of amides is 1. The average molecular weight is 519 g/mol. The van der Waals surface area contributed by atoms with Gasteiger partial charge in [0.05, 0.1) is 34.5 Å². The van der Waals surface area contributed by atoms with E-state index in [9.17, 15) is 9.90 Å². The number of anilines is 1. The molecule has 2 aliphatic heterocycles. The zero-order valence-corrected chi connectivity index (χ0v) is 22.3. The first-order valence-corrected chi connectivity index (χ1v) is 12.7. The molecule has 0 bridgehead atoms. The van der Waals surface area contributed by atoms with Crippen LogP contribution in [0.25, 0.3) is 0 Å². The fourth-order valence-electron chi connectivity index (χ4n) is 5.93. The minimum Gasteiger partial charge on any atom is -0.508 e. The highest BCUT2D eigenvalue weighted by atomic mass is 16.5. The van der Waals surface area contributed by atoms with E-state index in [-0.39, 0.29) is 23.1 Å². The van der Waals surface area contributed by atoms with Gasteiger partial charge in [-0.15, -0.1) is 0 Å². The van der Waals surface area contributed by atoms with Crippen molar-refractivity contribution in [3.05, 3.63) is 71.8 Å². The Morgan fingerprint density at radius 1 is 0.868 bits per heavy atom. The number of piperidine rings is 1. The van der Waals surface area contributed by atoms with Crippen LogP contribution in [0.2, 0.25) is 0 Å². The minimum atomic E-state index is -0.0516. The summed E-state index contributed by atoms with van der Waals surface area (Å²) in [7, 11) is 6.31. The van der Waals surface area contributed by atoms with Gasteiger partial charge in [0.15, 0.2) is 11.5 Å². The van der Waals surface area contributed by atoms with Crippen molar-refractivity contribution >= 4 is 11.6 Å². The van der Waals surface area contributed by atoms with Crippen LogP contribution in [0.15, 0.2) is 60.7 Å². The molecule has 1 amide bonds. The predicted molar refractivity (Wildman–Crippen MR) is 145 cm³/mol. The van der Waals surface area contributed by atoms with Crippen molar-refractivity contribution in [1.29, 1.82) is 0 Å². The second-order valence-corrected chi connectivity index (χ2v) is 9.89. The lowest BCUT2D eigenvalue weighted by molar-refractivity contribution is 0.0270. The number of carbonyl (C=O) groups excluding carboxylic acids is 1. The number of hydrogen-bond acceptors (Lipinski definition) is 7. The Bertz CT molecular complexity index is 1280. The van der Waals surface area contributed by atoms with Gasteiger partial charge in [0.25, 0.3) is 5.91 Å². The van der Waals surface area contributed by atoms with E-state index in [1.165, 1.54) is 0 Å². The van der Waals surface area contributed by atoms with E-state index in [1.54, 1.807) is 52.7 Å². The Morgan fingerprint density at radius 2 is 1.53 bits per heavy atom. The van der Waals surface area contributed by atoms with Crippen molar-refractivity contribution in [1.82, 2.24) is 4.90 Å². The largest absolute Gasteiger partial charge is 0.508 e. The molecule has 1 atom stereocenters. The number of benzene rings is 3. The van der Waals surface area contributed by atoms with Crippen molar-refractivity contribution < 1.29 is 28.8 Å². The second kappa shape index (κ2) is 10.4. The quantitative estimate of drug-likeness (QED) is 0.476. The molecule has 38 heavy (non-hydrogen) atoms. The van der Waals surface area contributed by atoms with Gasteiger partial charge in [-0.25, -0.2) is 0 Å². The smallest absolute Gasteiger partial charge is 0.254 e. The predicted octanol–water partition coefficient (Wildman–Crippen LogP) is 4.91. The molecule has 1 unspecified atom stereocenters. The molecule has 8 nitrogen and oxygen atoms in total. The van der Waals surface area contributed by atoms with Gasteiger partial charge in [-0.3, -0.25) is 4.79 Å². The van der Waals surface area contributed by atoms with Crippen LogP contribution >= 0.6 is 0 Å². The summed E-state index contributed by atoms with van der Waals surface area (Å²) in [4.78, 5) is 17.8. The maximum Gasteiger partial charge on any atom is 0.254 e. The van der Waals surface area contributed by atoms with Crippen molar-refractivity contribution in [2.24, 2.45) is 5.41 Å². The number of likely N-dealkylation sites (tertiary alicyclic amines) is 1. The van der Waals surface area contributed by atoms with E-state index >= 15 is 0 Å². The van der Waals surface area contributed by atoms with Crippen LogP contribution in [0.3, 0.4) is 0 Å². The van der Waals surface area contributed by atoms with Crippen LogP contribution in [0.1, 0.15) is 34.8 Å². The number of methoxy groups -OCH3 is 4. The molecular formula is C30H34N2O6. The normalized spacial score (nSPS) is 18.1. The van der Waals surface area contributed by atoms with Gasteiger partial charge in [-0.1, -0.05) is 18.2 Å². The lowest BCUT2D eigenvalue weighted by Crippen LogP contribution is -2.62. The monoisotopic (exact) mass is 518 g/mol. The minimum absolute atomic E-state index is 0.0200. The summed E-state index contributed by atoms with van der Waals surface area (Å²) in [5.41, 5.74) is 2.79. The molecule has 2 fully saturated rings. The Labute approximate surface area is 223 Å². The molecule has 1 N–H and O–H groups in total. The number of phenols is 1. The van der Waals surface area contributed by atoms with Gasteiger partial charge >= 0.3 is 0 Å². The van der Waals surface area contributed by atoms with Gasteiger partial charge in [0, 0.05) is 42.4 Å². The fraction of sp³-hybridized carbons (Fsp3) is 0.367. The van der Waals surface area contributed by atoms with E-state index in [0.717, 1.165) is 36.4 Å². The van der Waals surface area contributed by atoms with Crippen LogP contribution in [-0.4, -0.2) is 64.0 Å². The highest BCUT2D eigenvalue weighted by molar-refractivity contribution is 5.95.